The summed E-state index contributed by atoms with van der Waals surface area (Å²) in [6, 6.07) is 0. The van der Waals surface area contributed by atoms with Crippen LogP contribution in [0.2, 0.25) is 0 Å². The maximum Gasteiger partial charge on any atom is 0.303 e. The number of nitrogens with zero attached hydrogens (tertiary/aromatic N) is 1. The lowest BCUT2D eigenvalue weighted by Gasteiger charge is -2.13. The summed E-state index contributed by atoms with van der Waals surface area (Å²) in [6.07, 6.45) is 0.354. The number of carboxylic acids is 1. The van der Waals surface area contributed by atoms with Gasteiger partial charge in [-0.2, -0.15) is 0 Å². The number of hydrogen-bond donors (Lipinski definition) is 3. The van der Waals surface area contributed by atoms with Crippen molar-refractivity contribution < 1.29 is 20.1 Å². The highest BCUT2D eigenvalue weighted by molar-refractivity contribution is 5.66. The van der Waals surface area contributed by atoms with Gasteiger partial charge in [-0.3, -0.25) is 9.69 Å². The van der Waals surface area contributed by atoms with E-state index in [-0.39, 0.29) is 6.42 Å². The molecular weight excluding hydrogens is 186 g/mol. The van der Waals surface area contributed by atoms with E-state index in [0.29, 0.717) is 19.5 Å². The lowest BCUT2D eigenvalue weighted by atomic mass is 10.2. The molecule has 1 fully saturated rings. The monoisotopic (exact) mass is 203 g/mol. The van der Waals surface area contributed by atoms with Gasteiger partial charge in [0.1, 0.15) is 0 Å². The first kappa shape index (κ1) is 11.4. The molecule has 14 heavy (non-hydrogen) atoms. The summed E-state index contributed by atoms with van der Waals surface area (Å²) in [4.78, 5) is 12.2. The highest BCUT2D eigenvalue weighted by atomic mass is 16.4. The molecule has 0 aromatic rings. The number of aliphatic hydroxyl groups excluding tert-OH is 2. The molecule has 0 radical (unpaired) electrons. The van der Waals surface area contributed by atoms with Crippen molar-refractivity contribution >= 4 is 5.97 Å². The quantitative estimate of drug-likeness (QED) is 0.514. The molecule has 0 spiro atoms. The first-order valence-corrected chi connectivity index (χ1v) is 4.90. The average Bonchev–Trinajstić information content (AvgIpc) is 2.40. The first-order valence-electron chi connectivity index (χ1n) is 4.90. The van der Waals surface area contributed by atoms with Gasteiger partial charge in [-0.15, -0.1) is 0 Å². The third-order valence-electron chi connectivity index (χ3n) is 2.45. The summed E-state index contributed by atoms with van der Waals surface area (Å²) in [5.74, 6) is -0.772. The van der Waals surface area contributed by atoms with Gasteiger partial charge in [0.05, 0.1) is 12.2 Å². The number of β-amino-alcohol motifs (C(OH)–C–C–N with tert-alkyl or cyclic N) is 2. The van der Waals surface area contributed by atoms with Crippen molar-refractivity contribution in [2.75, 3.05) is 19.6 Å². The molecule has 1 aliphatic heterocycles. The fraction of sp³-hybridized carbons (Fsp3) is 0.889. The first-order chi connectivity index (χ1) is 6.59. The van der Waals surface area contributed by atoms with Crippen LogP contribution in [0.1, 0.15) is 19.3 Å². The Hall–Kier alpha value is -0.650. The minimum Gasteiger partial charge on any atom is -0.481 e. The maximum absolute atomic E-state index is 10.2. The minimum absolute atomic E-state index is 0.193. The van der Waals surface area contributed by atoms with Crippen LogP contribution >= 0.6 is 0 Å². The predicted molar refractivity (Wildman–Crippen MR) is 49.9 cm³/mol. The molecule has 2 unspecified atom stereocenters. The van der Waals surface area contributed by atoms with E-state index in [2.05, 4.69) is 0 Å². The Morgan fingerprint density at radius 2 is 1.79 bits per heavy atom. The van der Waals surface area contributed by atoms with Crippen LogP contribution in [0.15, 0.2) is 0 Å². The molecule has 1 aliphatic rings. The summed E-state index contributed by atoms with van der Waals surface area (Å²) in [7, 11) is 0. The van der Waals surface area contributed by atoms with E-state index >= 15 is 0 Å². The van der Waals surface area contributed by atoms with E-state index < -0.39 is 18.2 Å². The molecule has 3 N–H and O–H groups in total. The van der Waals surface area contributed by atoms with E-state index in [1.54, 1.807) is 0 Å². The van der Waals surface area contributed by atoms with Gasteiger partial charge in [-0.25, -0.2) is 0 Å². The van der Waals surface area contributed by atoms with Gasteiger partial charge >= 0.3 is 5.97 Å². The largest absolute Gasteiger partial charge is 0.481 e. The molecule has 2 atom stereocenters. The number of carboxylic acid groups (broad SMARTS) is 1. The summed E-state index contributed by atoms with van der Waals surface area (Å²) in [5.41, 5.74) is 0. The third kappa shape index (κ3) is 3.61. The molecule has 82 valence electrons. The van der Waals surface area contributed by atoms with Crippen molar-refractivity contribution in [1.29, 1.82) is 0 Å². The molecule has 0 saturated carbocycles. The number of carbonyl (C=O) groups is 1. The van der Waals surface area contributed by atoms with Crippen LogP contribution in [0.4, 0.5) is 0 Å². The van der Waals surface area contributed by atoms with E-state index in [9.17, 15) is 15.0 Å². The van der Waals surface area contributed by atoms with E-state index in [0.717, 1.165) is 13.0 Å². The zero-order chi connectivity index (χ0) is 10.6. The zero-order valence-electron chi connectivity index (χ0n) is 8.09. The Balaban J connectivity index is 2.06. The highest BCUT2D eigenvalue weighted by Crippen LogP contribution is 2.10. The molecule has 5 heteroatoms. The van der Waals surface area contributed by atoms with Gasteiger partial charge in [-0.05, 0) is 19.4 Å². The zero-order valence-corrected chi connectivity index (χ0v) is 8.09. The Kier molecular flexibility index (Phi) is 4.31. The second-order valence-electron chi connectivity index (χ2n) is 3.75. The molecule has 1 heterocycles. The highest BCUT2D eigenvalue weighted by Gasteiger charge is 2.28. The Morgan fingerprint density at radius 1 is 1.21 bits per heavy atom. The van der Waals surface area contributed by atoms with Crippen molar-refractivity contribution in [1.82, 2.24) is 4.90 Å². The standard InChI is InChI=1S/C9H17NO4/c11-7-5-10(6-8(7)12)4-2-1-3-9(13)14/h7-8,11-12H,1-6H2,(H,13,14). The average molecular weight is 203 g/mol. The fourth-order valence-corrected chi connectivity index (χ4v) is 1.64. The summed E-state index contributed by atoms with van der Waals surface area (Å²) >= 11 is 0. The smallest absolute Gasteiger partial charge is 0.303 e. The van der Waals surface area contributed by atoms with Crippen LogP contribution in [0.5, 0.6) is 0 Å². The normalized spacial score (nSPS) is 28.1. The summed E-state index contributed by atoms with van der Waals surface area (Å²) in [5, 5.41) is 26.9. The third-order valence-corrected chi connectivity index (χ3v) is 2.45. The Labute approximate surface area is 83.0 Å². The summed E-state index contributed by atoms with van der Waals surface area (Å²) in [6.45, 7) is 1.74. The fourth-order valence-electron chi connectivity index (χ4n) is 1.64. The second-order valence-corrected chi connectivity index (χ2v) is 3.75. The van der Waals surface area contributed by atoms with E-state index in [4.69, 9.17) is 5.11 Å². The molecule has 0 bridgehead atoms. The molecule has 0 aliphatic carbocycles. The Morgan fingerprint density at radius 3 is 2.29 bits per heavy atom. The van der Waals surface area contributed by atoms with Gasteiger partial charge in [0.2, 0.25) is 0 Å². The molecule has 1 saturated heterocycles. The van der Waals surface area contributed by atoms with Crippen LogP contribution in [0.25, 0.3) is 0 Å². The lowest BCUT2D eigenvalue weighted by molar-refractivity contribution is -0.137. The van der Waals surface area contributed by atoms with Gasteiger partial charge in [0, 0.05) is 19.5 Å². The molecule has 1 rings (SSSR count). The van der Waals surface area contributed by atoms with Crippen LogP contribution in [0.3, 0.4) is 0 Å². The van der Waals surface area contributed by atoms with Crippen molar-refractivity contribution in [3.8, 4) is 0 Å². The number of unbranched alkanes of at least 4 members (excludes halogenated alkanes) is 1. The van der Waals surface area contributed by atoms with Crippen LogP contribution in [-0.4, -0.2) is 58.0 Å². The van der Waals surface area contributed by atoms with E-state index in [1.165, 1.54) is 0 Å². The van der Waals surface area contributed by atoms with Crippen molar-refractivity contribution in [2.24, 2.45) is 0 Å². The molecule has 0 aromatic carbocycles. The van der Waals surface area contributed by atoms with E-state index in [1.807, 2.05) is 4.90 Å². The van der Waals surface area contributed by atoms with Gasteiger partial charge in [0.15, 0.2) is 0 Å². The molecule has 5 nitrogen and oxygen atoms in total. The number of aliphatic carboxylic acids is 1. The van der Waals surface area contributed by atoms with Crippen LogP contribution in [0, 0.1) is 0 Å². The van der Waals surface area contributed by atoms with Gasteiger partial charge in [-0.1, -0.05) is 0 Å². The maximum atomic E-state index is 10.2. The SMILES string of the molecule is O=C(O)CCCCN1CC(O)C(O)C1. The number of likely N-dealkylation sites (tertiary alicyclic amines) is 1. The lowest BCUT2D eigenvalue weighted by Crippen LogP contribution is -2.23. The number of aliphatic hydroxyl groups is 2. The van der Waals surface area contributed by atoms with Crippen LogP contribution in [-0.2, 0) is 4.79 Å². The molecule has 0 aromatic heterocycles. The molecule has 0 amide bonds. The molecular formula is C9H17NO4. The van der Waals surface area contributed by atoms with Gasteiger partial charge < -0.3 is 15.3 Å². The topological polar surface area (TPSA) is 81.0 Å². The summed E-state index contributed by atoms with van der Waals surface area (Å²) < 4.78 is 0. The van der Waals surface area contributed by atoms with Crippen molar-refractivity contribution in [3.05, 3.63) is 0 Å². The Bertz CT molecular complexity index is 187. The number of hydrogen-bond acceptors (Lipinski definition) is 4. The predicted octanol–water partition coefficient (Wildman–Crippen LogP) is -0.721. The number of rotatable bonds is 5. The van der Waals surface area contributed by atoms with Crippen LogP contribution < -0.4 is 0 Å². The second kappa shape index (κ2) is 5.29. The minimum atomic E-state index is -0.772. The van der Waals surface area contributed by atoms with Crippen molar-refractivity contribution in [2.45, 2.75) is 31.5 Å². The van der Waals surface area contributed by atoms with Crippen molar-refractivity contribution in [3.63, 3.8) is 0 Å². The van der Waals surface area contributed by atoms with Gasteiger partial charge in [0.25, 0.3) is 0 Å².